The van der Waals surface area contributed by atoms with Crippen molar-refractivity contribution in [2.45, 2.75) is 43.5 Å². The Morgan fingerprint density at radius 1 is 1.33 bits per heavy atom. The van der Waals surface area contributed by atoms with Crippen molar-refractivity contribution in [3.63, 3.8) is 0 Å². The fraction of sp³-hybridized carbons (Fsp3) is 0.292. The molecule has 2 N–H and O–H groups in total. The van der Waals surface area contributed by atoms with Gasteiger partial charge in [-0.3, -0.25) is 4.79 Å². The first-order chi connectivity index (χ1) is 16.0. The van der Waals surface area contributed by atoms with Gasteiger partial charge in [0, 0.05) is 4.88 Å². The maximum atomic E-state index is 13.0. The lowest BCUT2D eigenvalue weighted by atomic mass is 9.89. The van der Waals surface area contributed by atoms with Crippen molar-refractivity contribution >= 4 is 34.0 Å². The van der Waals surface area contributed by atoms with Gasteiger partial charge in [0.15, 0.2) is 16.7 Å². The summed E-state index contributed by atoms with van der Waals surface area (Å²) in [6.07, 6.45) is 6.12. The van der Waals surface area contributed by atoms with Gasteiger partial charge >= 0.3 is 0 Å². The number of thioether (sulfide) groups is 1. The minimum atomic E-state index is -0.436. The highest BCUT2D eigenvalue weighted by Gasteiger charge is 2.27. The number of nitrogens with zero attached hydrogens (tertiary/aromatic N) is 2. The summed E-state index contributed by atoms with van der Waals surface area (Å²) in [5, 5.41) is 13.5. The van der Waals surface area contributed by atoms with Crippen LogP contribution in [0.4, 0.5) is 5.00 Å². The highest BCUT2D eigenvalue weighted by Crippen LogP contribution is 2.40. The van der Waals surface area contributed by atoms with Crippen LogP contribution in [-0.2, 0) is 17.6 Å². The molecule has 0 radical (unpaired) electrons. The Kier molecular flexibility index (Phi) is 5.87. The molecule has 4 aromatic heterocycles. The van der Waals surface area contributed by atoms with Crippen molar-refractivity contribution in [2.75, 3.05) is 5.32 Å². The van der Waals surface area contributed by atoms with Crippen LogP contribution in [0.3, 0.4) is 0 Å². The monoisotopic (exact) mass is 478 g/mol. The number of nitriles is 1. The second kappa shape index (κ2) is 8.96. The summed E-state index contributed by atoms with van der Waals surface area (Å²) in [5.74, 6) is 1.68. The zero-order valence-corrected chi connectivity index (χ0v) is 19.8. The minimum absolute atomic E-state index is 0.168. The van der Waals surface area contributed by atoms with E-state index < -0.39 is 5.25 Å². The number of thiophene rings is 1. The van der Waals surface area contributed by atoms with Crippen LogP contribution < -0.4 is 5.32 Å². The number of rotatable bonds is 6. The molecule has 7 nitrogen and oxygen atoms in total. The Morgan fingerprint density at radius 2 is 2.09 bits per heavy atom. The molecule has 168 valence electrons. The highest BCUT2D eigenvalue weighted by molar-refractivity contribution is 8.00. The maximum absolute atomic E-state index is 13.0. The predicted octanol–water partition coefficient (Wildman–Crippen LogP) is 6.11. The number of H-pyrrole nitrogens is 1. The quantitative estimate of drug-likeness (QED) is 0.324. The summed E-state index contributed by atoms with van der Waals surface area (Å²) in [7, 11) is 0. The average Bonchev–Trinajstić information content (AvgIpc) is 3.58. The number of aromatic amines is 1. The van der Waals surface area contributed by atoms with Gasteiger partial charge in [0.05, 0.1) is 23.3 Å². The summed E-state index contributed by atoms with van der Waals surface area (Å²) in [4.78, 5) is 22.1. The number of amides is 1. The molecule has 0 fully saturated rings. The van der Waals surface area contributed by atoms with Crippen molar-refractivity contribution in [1.29, 1.82) is 5.26 Å². The third-order valence-electron chi connectivity index (χ3n) is 5.72. The minimum Gasteiger partial charge on any atom is -0.463 e. The molecule has 0 aromatic carbocycles. The van der Waals surface area contributed by atoms with E-state index in [0.29, 0.717) is 44.5 Å². The number of furan rings is 2. The number of imidazole rings is 1. The van der Waals surface area contributed by atoms with Crippen LogP contribution in [0.1, 0.15) is 36.3 Å². The van der Waals surface area contributed by atoms with Crippen LogP contribution in [0.2, 0.25) is 0 Å². The third kappa shape index (κ3) is 4.24. The molecule has 1 aliphatic rings. The predicted molar refractivity (Wildman–Crippen MR) is 128 cm³/mol. The molecule has 1 amide bonds. The number of carbonyl (C=O) groups is 1. The molecule has 4 heterocycles. The molecule has 9 heteroatoms. The van der Waals surface area contributed by atoms with Gasteiger partial charge in [0.2, 0.25) is 5.91 Å². The number of fused-ring (bicyclic) bond motifs is 1. The molecule has 0 aliphatic heterocycles. The Hall–Kier alpha value is -3.22. The number of anilines is 1. The van der Waals surface area contributed by atoms with Gasteiger partial charge in [-0.25, -0.2) is 4.98 Å². The van der Waals surface area contributed by atoms with E-state index in [-0.39, 0.29) is 5.91 Å². The largest absolute Gasteiger partial charge is 0.463 e. The first-order valence-corrected chi connectivity index (χ1v) is 12.4. The van der Waals surface area contributed by atoms with Crippen LogP contribution in [0.5, 0.6) is 0 Å². The standard InChI is InChI=1S/C24H22N4O3S2/c1-13-7-8-15-16(12-25)23(33-19(15)11-13)28-22(29)14(2)32-24-26-20(17-5-3-9-30-17)21(27-24)18-6-4-10-31-18/h3-6,9-10,13-14H,7-8,11H2,1-2H3,(H,26,27)(H,28,29). The topological polar surface area (TPSA) is 108 Å². The van der Waals surface area contributed by atoms with Crippen molar-refractivity contribution < 1.29 is 13.6 Å². The van der Waals surface area contributed by atoms with E-state index in [4.69, 9.17) is 8.83 Å². The number of nitrogens with one attached hydrogen (secondary N) is 2. The van der Waals surface area contributed by atoms with Crippen LogP contribution in [0.15, 0.2) is 50.8 Å². The van der Waals surface area contributed by atoms with Gasteiger partial charge in [0.1, 0.15) is 22.5 Å². The van der Waals surface area contributed by atoms with Gasteiger partial charge in [0.25, 0.3) is 0 Å². The highest BCUT2D eigenvalue weighted by atomic mass is 32.2. The lowest BCUT2D eigenvalue weighted by Crippen LogP contribution is -2.22. The maximum Gasteiger partial charge on any atom is 0.238 e. The van der Waals surface area contributed by atoms with E-state index in [9.17, 15) is 10.1 Å². The number of hydrogen-bond acceptors (Lipinski definition) is 7. The number of carbonyl (C=O) groups excluding carboxylic acids is 1. The molecule has 33 heavy (non-hydrogen) atoms. The van der Waals surface area contributed by atoms with Crippen LogP contribution in [-0.4, -0.2) is 21.1 Å². The van der Waals surface area contributed by atoms with Crippen molar-refractivity contribution in [1.82, 2.24) is 9.97 Å². The fourth-order valence-electron chi connectivity index (χ4n) is 3.99. The Bertz CT molecular complexity index is 1260. The first kappa shape index (κ1) is 21.6. The van der Waals surface area contributed by atoms with E-state index in [1.54, 1.807) is 24.7 Å². The average molecular weight is 479 g/mol. The summed E-state index contributed by atoms with van der Waals surface area (Å²) >= 11 is 2.84. The summed E-state index contributed by atoms with van der Waals surface area (Å²) in [6.45, 7) is 4.05. The first-order valence-electron chi connectivity index (χ1n) is 10.7. The summed E-state index contributed by atoms with van der Waals surface area (Å²) in [5.41, 5.74) is 3.04. The zero-order chi connectivity index (χ0) is 22.9. The lowest BCUT2D eigenvalue weighted by Gasteiger charge is -2.17. The molecule has 0 saturated heterocycles. The van der Waals surface area contributed by atoms with Crippen molar-refractivity contribution in [2.24, 2.45) is 5.92 Å². The Balaban J connectivity index is 1.35. The van der Waals surface area contributed by atoms with E-state index in [2.05, 4.69) is 28.3 Å². The second-order valence-corrected chi connectivity index (χ2v) is 10.6. The zero-order valence-electron chi connectivity index (χ0n) is 18.2. The summed E-state index contributed by atoms with van der Waals surface area (Å²) in [6, 6.07) is 9.58. The van der Waals surface area contributed by atoms with E-state index in [1.165, 1.54) is 28.0 Å². The second-order valence-electron chi connectivity index (χ2n) is 8.14. The number of hydrogen-bond donors (Lipinski definition) is 2. The fourth-order valence-corrected chi connectivity index (χ4v) is 6.16. The van der Waals surface area contributed by atoms with Crippen molar-refractivity contribution in [3.05, 3.63) is 52.8 Å². The van der Waals surface area contributed by atoms with E-state index in [0.717, 1.165) is 24.8 Å². The van der Waals surface area contributed by atoms with Crippen LogP contribution in [0.25, 0.3) is 22.9 Å². The summed E-state index contributed by atoms with van der Waals surface area (Å²) < 4.78 is 11.1. The number of aromatic nitrogens is 2. The van der Waals surface area contributed by atoms with Gasteiger partial charge < -0.3 is 19.1 Å². The van der Waals surface area contributed by atoms with Crippen LogP contribution >= 0.6 is 23.1 Å². The normalized spacial score (nSPS) is 16.2. The third-order valence-corrected chi connectivity index (χ3v) is 7.88. The molecular weight excluding hydrogens is 456 g/mol. The molecule has 0 saturated carbocycles. The molecule has 5 rings (SSSR count). The van der Waals surface area contributed by atoms with Gasteiger partial charge in [-0.15, -0.1) is 11.3 Å². The van der Waals surface area contributed by atoms with E-state index in [1.807, 2.05) is 19.1 Å². The molecule has 2 unspecified atom stereocenters. The van der Waals surface area contributed by atoms with Gasteiger partial charge in [-0.05, 0) is 61.9 Å². The molecule has 0 spiro atoms. The van der Waals surface area contributed by atoms with E-state index >= 15 is 0 Å². The molecule has 4 aromatic rings. The van der Waals surface area contributed by atoms with Gasteiger partial charge in [-0.2, -0.15) is 5.26 Å². The molecule has 2 atom stereocenters. The Labute approximate surface area is 199 Å². The smallest absolute Gasteiger partial charge is 0.238 e. The van der Waals surface area contributed by atoms with Gasteiger partial charge in [-0.1, -0.05) is 18.7 Å². The van der Waals surface area contributed by atoms with Crippen LogP contribution in [0, 0.1) is 17.2 Å². The lowest BCUT2D eigenvalue weighted by molar-refractivity contribution is -0.115. The Morgan fingerprint density at radius 3 is 2.79 bits per heavy atom. The van der Waals surface area contributed by atoms with Crippen molar-refractivity contribution in [3.8, 4) is 29.0 Å². The molecular formula is C24H22N4O3S2. The molecule has 0 bridgehead atoms. The SMILES string of the molecule is CC1CCc2c(sc(NC(=O)C(C)Sc3nc(-c4ccco4)c(-c4ccco4)[nH]3)c2C#N)C1. The molecule has 1 aliphatic carbocycles.